The molecule has 2 aliphatic rings. The number of unbranched alkanes of at least 4 members (excludes halogenated alkanes) is 5. The van der Waals surface area contributed by atoms with E-state index in [0.29, 0.717) is 30.0 Å². The predicted octanol–water partition coefficient (Wildman–Crippen LogP) is 9.08. The lowest BCUT2D eigenvalue weighted by molar-refractivity contribution is 0.105. The Labute approximate surface area is 234 Å². The summed E-state index contributed by atoms with van der Waals surface area (Å²) in [5.41, 5.74) is 6.40. The van der Waals surface area contributed by atoms with Gasteiger partial charge < -0.3 is 10.6 Å². The van der Waals surface area contributed by atoms with E-state index in [-0.39, 0.29) is 5.54 Å². The molecule has 2 nitrogen and oxygen atoms in total. The molecule has 0 radical (unpaired) electrons. The average Bonchev–Trinajstić information content (AvgIpc) is 2.92. The van der Waals surface area contributed by atoms with Crippen LogP contribution in [-0.2, 0) is 12.8 Å². The monoisotopic (exact) mass is 516 g/mol. The zero-order valence-electron chi connectivity index (χ0n) is 25.2. The van der Waals surface area contributed by atoms with Gasteiger partial charge in [-0.1, -0.05) is 122 Å². The fraction of sp³-hybridized carbons (Fsp3) is 0.667. The molecular formula is C36H56N2. The predicted molar refractivity (Wildman–Crippen MR) is 165 cm³/mol. The van der Waals surface area contributed by atoms with Crippen molar-refractivity contribution in [3.63, 3.8) is 0 Å². The van der Waals surface area contributed by atoms with Crippen molar-refractivity contribution in [2.75, 3.05) is 0 Å². The van der Waals surface area contributed by atoms with Crippen LogP contribution in [0.15, 0.2) is 48.5 Å². The van der Waals surface area contributed by atoms with E-state index in [0.717, 1.165) is 0 Å². The van der Waals surface area contributed by atoms with Crippen molar-refractivity contribution >= 4 is 0 Å². The Morgan fingerprint density at radius 1 is 0.711 bits per heavy atom. The molecular weight excluding hydrogens is 460 g/mol. The van der Waals surface area contributed by atoms with Crippen molar-refractivity contribution in [2.24, 2.45) is 0 Å². The van der Waals surface area contributed by atoms with Gasteiger partial charge >= 0.3 is 0 Å². The Kier molecular flexibility index (Phi) is 10.9. The summed E-state index contributed by atoms with van der Waals surface area (Å²) in [6.07, 6.45) is 17.0. The molecule has 0 aromatic heterocycles. The molecule has 0 fully saturated rings. The highest BCUT2D eigenvalue weighted by Gasteiger charge is 2.53. The molecule has 0 saturated carbocycles. The molecule has 0 saturated heterocycles. The summed E-state index contributed by atoms with van der Waals surface area (Å²) in [5.74, 6) is 1.03. The smallest absolute Gasteiger partial charge is 0.0475 e. The van der Waals surface area contributed by atoms with Gasteiger partial charge in [0.1, 0.15) is 0 Å². The van der Waals surface area contributed by atoms with Crippen LogP contribution in [0.25, 0.3) is 0 Å². The van der Waals surface area contributed by atoms with Crippen LogP contribution in [0.5, 0.6) is 0 Å². The van der Waals surface area contributed by atoms with E-state index in [2.05, 4.69) is 93.8 Å². The van der Waals surface area contributed by atoms with Gasteiger partial charge in [0.15, 0.2) is 0 Å². The molecule has 210 valence electrons. The molecule has 2 aromatic carbocycles. The number of aryl methyl sites for hydroxylation is 2. The second-order valence-corrected chi connectivity index (χ2v) is 12.9. The van der Waals surface area contributed by atoms with E-state index in [9.17, 15) is 0 Å². The van der Waals surface area contributed by atoms with E-state index in [4.69, 9.17) is 0 Å². The highest BCUT2D eigenvalue weighted by Crippen LogP contribution is 2.52. The van der Waals surface area contributed by atoms with E-state index >= 15 is 0 Å². The van der Waals surface area contributed by atoms with Crippen LogP contribution in [0.3, 0.4) is 0 Å². The summed E-state index contributed by atoms with van der Waals surface area (Å²) >= 11 is 0. The number of benzene rings is 2. The van der Waals surface area contributed by atoms with Crippen LogP contribution >= 0.6 is 0 Å². The molecule has 3 unspecified atom stereocenters. The maximum Gasteiger partial charge on any atom is 0.0475 e. The molecule has 0 heterocycles. The fourth-order valence-corrected chi connectivity index (χ4v) is 8.02. The lowest BCUT2D eigenvalue weighted by Crippen LogP contribution is -2.69. The number of nitrogens with one attached hydrogen (secondary N) is 2. The first-order valence-electron chi connectivity index (χ1n) is 16.2. The molecule has 0 amide bonds. The van der Waals surface area contributed by atoms with Crippen molar-refractivity contribution in [1.29, 1.82) is 0 Å². The van der Waals surface area contributed by atoms with Crippen LogP contribution < -0.4 is 10.6 Å². The average molecular weight is 517 g/mol. The molecule has 4 rings (SSSR count). The van der Waals surface area contributed by atoms with Crippen molar-refractivity contribution < 1.29 is 0 Å². The fourth-order valence-electron chi connectivity index (χ4n) is 8.02. The minimum Gasteiger partial charge on any atom is -0.310 e. The van der Waals surface area contributed by atoms with Crippen LogP contribution in [0.1, 0.15) is 139 Å². The second-order valence-electron chi connectivity index (χ2n) is 12.9. The minimum absolute atomic E-state index is 0.0189. The molecule has 2 aliphatic carbocycles. The molecule has 0 spiro atoms. The normalized spacial score (nSPS) is 21.7. The summed E-state index contributed by atoms with van der Waals surface area (Å²) in [7, 11) is 0. The van der Waals surface area contributed by atoms with Gasteiger partial charge in [-0.05, 0) is 67.2 Å². The minimum atomic E-state index is -0.0189. The summed E-state index contributed by atoms with van der Waals surface area (Å²) in [5, 5.41) is 8.64. The van der Waals surface area contributed by atoms with Gasteiger partial charge in [0.25, 0.3) is 0 Å². The molecule has 38 heavy (non-hydrogen) atoms. The molecule has 3 atom stereocenters. The highest BCUT2D eigenvalue weighted by atomic mass is 15.1. The zero-order chi connectivity index (χ0) is 27.0. The van der Waals surface area contributed by atoms with E-state index in [1.54, 1.807) is 22.3 Å². The maximum atomic E-state index is 4.42. The summed E-state index contributed by atoms with van der Waals surface area (Å²) in [4.78, 5) is 0. The molecule has 2 heteroatoms. The number of hydrogen-bond acceptors (Lipinski definition) is 2. The molecule has 0 aliphatic heterocycles. The van der Waals surface area contributed by atoms with Crippen molar-refractivity contribution in [1.82, 2.24) is 10.6 Å². The van der Waals surface area contributed by atoms with Gasteiger partial charge in [-0.2, -0.15) is 0 Å². The van der Waals surface area contributed by atoms with Crippen molar-refractivity contribution in [3.05, 3.63) is 70.8 Å². The first-order chi connectivity index (χ1) is 18.5. The topological polar surface area (TPSA) is 24.1 Å². The van der Waals surface area contributed by atoms with E-state index in [1.807, 2.05) is 0 Å². The third-order valence-corrected chi connectivity index (χ3v) is 9.39. The summed E-state index contributed by atoms with van der Waals surface area (Å²) in [6, 6.07) is 20.2. The molecule has 2 aromatic rings. The van der Waals surface area contributed by atoms with E-state index in [1.165, 1.54) is 83.5 Å². The largest absolute Gasteiger partial charge is 0.310 e. The molecule has 0 bridgehead atoms. The third kappa shape index (κ3) is 6.73. The standard InChI is InChI=1S/C36H56N2/c1-6-7-8-9-10-11-26-35(37-27(2)3)36(38-28(4)5,33-24-16-20-29-18-12-14-22-31(29)33)34-25-17-21-30-19-13-15-23-32(30)34/h12-15,18-19,22-23,27-28,33-35,37-38H,6-11,16-17,20-21,24-26H2,1-5H3. The maximum absolute atomic E-state index is 4.42. The number of hydrogen-bond donors (Lipinski definition) is 2. The van der Waals surface area contributed by atoms with Crippen molar-refractivity contribution in [3.8, 4) is 0 Å². The Morgan fingerprint density at radius 2 is 1.24 bits per heavy atom. The van der Waals surface area contributed by atoms with Gasteiger partial charge in [0.05, 0.1) is 0 Å². The van der Waals surface area contributed by atoms with Crippen LogP contribution in [-0.4, -0.2) is 23.7 Å². The Morgan fingerprint density at radius 3 is 1.76 bits per heavy atom. The molecule has 2 N–H and O–H groups in total. The lowest BCUT2D eigenvalue weighted by atomic mass is 9.57. The van der Waals surface area contributed by atoms with E-state index < -0.39 is 0 Å². The first-order valence-corrected chi connectivity index (χ1v) is 16.2. The Hall–Kier alpha value is -1.64. The lowest BCUT2D eigenvalue weighted by Gasteiger charge is -2.56. The van der Waals surface area contributed by atoms with Gasteiger partial charge in [-0.3, -0.25) is 0 Å². The van der Waals surface area contributed by atoms with Gasteiger partial charge in [-0.25, -0.2) is 0 Å². The van der Waals surface area contributed by atoms with Crippen LogP contribution in [0.4, 0.5) is 0 Å². The van der Waals surface area contributed by atoms with Gasteiger partial charge in [0, 0.05) is 35.5 Å². The summed E-state index contributed by atoms with van der Waals surface area (Å²) in [6.45, 7) is 11.8. The number of rotatable bonds is 14. The first kappa shape index (κ1) is 29.3. The van der Waals surface area contributed by atoms with Gasteiger partial charge in [-0.15, -0.1) is 0 Å². The SMILES string of the molecule is CCCCCCCCC(NC(C)C)C(NC(C)C)(C1CCCc2ccccc21)C1CCCc2ccccc21. The Balaban J connectivity index is 1.83. The quantitative estimate of drug-likeness (QED) is 0.245. The van der Waals surface area contributed by atoms with Crippen LogP contribution in [0, 0.1) is 0 Å². The third-order valence-electron chi connectivity index (χ3n) is 9.39. The van der Waals surface area contributed by atoms with Crippen LogP contribution in [0.2, 0.25) is 0 Å². The highest BCUT2D eigenvalue weighted by molar-refractivity contribution is 5.42. The van der Waals surface area contributed by atoms with Crippen molar-refractivity contribution in [2.45, 2.75) is 154 Å². The zero-order valence-corrected chi connectivity index (χ0v) is 25.2. The number of fused-ring (bicyclic) bond motifs is 2. The Bertz CT molecular complexity index is 919. The summed E-state index contributed by atoms with van der Waals surface area (Å²) < 4.78 is 0. The second kappa shape index (κ2) is 14.1. The van der Waals surface area contributed by atoms with Gasteiger partial charge in [0.2, 0.25) is 0 Å².